The second-order valence-electron chi connectivity index (χ2n) is 11.9. The van der Waals surface area contributed by atoms with Crippen molar-refractivity contribution >= 4 is 30.8 Å². The van der Waals surface area contributed by atoms with Crippen molar-refractivity contribution in [2.24, 2.45) is 0 Å². The van der Waals surface area contributed by atoms with Crippen molar-refractivity contribution in [3.63, 3.8) is 0 Å². The van der Waals surface area contributed by atoms with Gasteiger partial charge in [0.2, 0.25) is 5.95 Å². The molecule has 1 unspecified atom stereocenters. The van der Waals surface area contributed by atoms with E-state index in [9.17, 15) is 4.39 Å². The van der Waals surface area contributed by atoms with Crippen molar-refractivity contribution in [3.05, 3.63) is 35.4 Å². The Hall–Kier alpha value is -2.19. The standard InChI is InChI=1S/C28H36ClFN4O6Si/c1-41(2,3)11-10-35-16-34-27-19(12-18(29)24(33-27)17-7-8-22(30)31-13-17)32-28(34)40-21-15-38-25-20(14-37-26(21)25)39-23-6-4-5-9-36-23/h7-8,12-13,20-21,23,25-26H,4-6,9-11,14-16H2,1-3H3/t20-,21-,23?,25-,26-/m1/s1. The molecular formula is C28H36ClFN4O6Si. The molecule has 222 valence electrons. The Morgan fingerprint density at radius 1 is 1.07 bits per heavy atom. The molecule has 0 bridgehead atoms. The Labute approximate surface area is 244 Å². The van der Waals surface area contributed by atoms with Crippen LogP contribution in [0.2, 0.25) is 30.7 Å². The van der Waals surface area contributed by atoms with Gasteiger partial charge in [-0.1, -0.05) is 31.2 Å². The van der Waals surface area contributed by atoms with Gasteiger partial charge in [0.05, 0.1) is 23.9 Å². The summed E-state index contributed by atoms with van der Waals surface area (Å²) in [6.07, 6.45) is 3.05. The number of aromatic nitrogens is 4. The quantitative estimate of drug-likeness (QED) is 0.178. The average molecular weight is 607 g/mol. The summed E-state index contributed by atoms with van der Waals surface area (Å²) < 4.78 is 51.9. The Kier molecular flexibility index (Phi) is 8.60. The number of hydrogen-bond acceptors (Lipinski definition) is 9. The van der Waals surface area contributed by atoms with E-state index in [1.807, 2.05) is 0 Å². The van der Waals surface area contributed by atoms with Crippen LogP contribution in [0.5, 0.6) is 6.01 Å². The van der Waals surface area contributed by atoms with Crippen LogP contribution in [0.4, 0.5) is 4.39 Å². The van der Waals surface area contributed by atoms with E-state index in [2.05, 4.69) is 24.6 Å². The predicted octanol–water partition coefficient (Wildman–Crippen LogP) is 5.05. The highest BCUT2D eigenvalue weighted by Gasteiger charge is 2.50. The van der Waals surface area contributed by atoms with E-state index in [1.54, 1.807) is 16.7 Å². The van der Waals surface area contributed by atoms with Crippen molar-refractivity contribution < 1.29 is 32.8 Å². The SMILES string of the molecule is C[Si](C)(C)CCOCn1c(O[C@@H]2CO[C@H]3[C@@H]2OC[C@H]3OC2CCCCO2)nc2cc(Cl)c(-c3ccc(F)nc3)nc21. The molecule has 0 N–H and O–H groups in total. The minimum atomic E-state index is -1.28. The third-order valence-corrected chi connectivity index (χ3v) is 9.53. The van der Waals surface area contributed by atoms with Gasteiger partial charge < -0.3 is 28.4 Å². The normalized spacial score (nSPS) is 26.5. The van der Waals surface area contributed by atoms with Crippen LogP contribution in [0.15, 0.2) is 24.4 Å². The van der Waals surface area contributed by atoms with Crippen molar-refractivity contribution in [1.29, 1.82) is 0 Å². The lowest BCUT2D eigenvalue weighted by Crippen LogP contribution is -2.38. The molecule has 0 amide bonds. The average Bonchev–Trinajstić information content (AvgIpc) is 3.62. The van der Waals surface area contributed by atoms with E-state index < -0.39 is 20.1 Å². The summed E-state index contributed by atoms with van der Waals surface area (Å²) in [5.74, 6) is -0.576. The summed E-state index contributed by atoms with van der Waals surface area (Å²) in [4.78, 5) is 13.3. The summed E-state index contributed by atoms with van der Waals surface area (Å²) in [5.41, 5.74) is 2.15. The Morgan fingerprint density at radius 2 is 1.88 bits per heavy atom. The zero-order valence-electron chi connectivity index (χ0n) is 23.6. The highest BCUT2D eigenvalue weighted by Crippen LogP contribution is 2.35. The minimum Gasteiger partial charge on any atom is -0.456 e. The minimum absolute atomic E-state index is 0.194. The van der Waals surface area contributed by atoms with Gasteiger partial charge in [-0.3, -0.25) is 4.57 Å². The molecule has 3 aliphatic heterocycles. The number of hydrogen-bond donors (Lipinski definition) is 0. The molecule has 5 atom stereocenters. The van der Waals surface area contributed by atoms with Gasteiger partial charge in [-0.05, 0) is 43.5 Å². The van der Waals surface area contributed by atoms with Crippen LogP contribution >= 0.6 is 11.6 Å². The highest BCUT2D eigenvalue weighted by atomic mass is 35.5. The molecular weight excluding hydrogens is 571 g/mol. The largest absolute Gasteiger partial charge is 0.456 e. The first-order valence-corrected chi connectivity index (χ1v) is 18.3. The second-order valence-corrected chi connectivity index (χ2v) is 18.0. The van der Waals surface area contributed by atoms with Crippen LogP contribution < -0.4 is 4.74 Å². The summed E-state index contributed by atoms with van der Waals surface area (Å²) >= 11 is 6.59. The number of nitrogens with zero attached hydrogens (tertiary/aromatic N) is 4. The van der Waals surface area contributed by atoms with Gasteiger partial charge in [0.25, 0.3) is 0 Å². The van der Waals surface area contributed by atoms with Gasteiger partial charge >= 0.3 is 6.01 Å². The van der Waals surface area contributed by atoms with Crippen LogP contribution in [-0.2, 0) is 30.4 Å². The first-order valence-electron chi connectivity index (χ1n) is 14.2. The van der Waals surface area contributed by atoms with Gasteiger partial charge in [0.1, 0.15) is 30.6 Å². The topological polar surface area (TPSA) is 99.0 Å². The van der Waals surface area contributed by atoms with E-state index in [0.29, 0.717) is 59.9 Å². The molecule has 0 aliphatic carbocycles. The van der Waals surface area contributed by atoms with E-state index >= 15 is 0 Å². The van der Waals surface area contributed by atoms with E-state index in [4.69, 9.17) is 50.0 Å². The lowest BCUT2D eigenvalue weighted by atomic mass is 10.1. The van der Waals surface area contributed by atoms with Gasteiger partial charge in [0, 0.05) is 33.0 Å². The predicted molar refractivity (Wildman–Crippen MR) is 152 cm³/mol. The molecule has 0 spiro atoms. The Morgan fingerprint density at radius 3 is 2.61 bits per heavy atom. The maximum atomic E-state index is 13.5. The Bertz CT molecular complexity index is 1350. The lowest BCUT2D eigenvalue weighted by Gasteiger charge is -2.27. The molecule has 6 heterocycles. The van der Waals surface area contributed by atoms with Crippen molar-refractivity contribution in [2.45, 2.75) is 82.4 Å². The van der Waals surface area contributed by atoms with Crippen LogP contribution in [0.3, 0.4) is 0 Å². The number of pyridine rings is 2. The molecule has 13 heteroatoms. The molecule has 41 heavy (non-hydrogen) atoms. The van der Waals surface area contributed by atoms with Crippen LogP contribution in [0.1, 0.15) is 19.3 Å². The lowest BCUT2D eigenvalue weighted by molar-refractivity contribution is -0.202. The zero-order chi connectivity index (χ0) is 28.6. The fourth-order valence-electron chi connectivity index (χ4n) is 5.26. The number of fused-ring (bicyclic) bond motifs is 2. The van der Waals surface area contributed by atoms with Gasteiger partial charge in [-0.25, -0.2) is 9.97 Å². The first kappa shape index (κ1) is 28.9. The van der Waals surface area contributed by atoms with Crippen LogP contribution in [0, 0.1) is 5.95 Å². The summed E-state index contributed by atoms with van der Waals surface area (Å²) in [5, 5.41) is 0.370. The molecule has 3 saturated heterocycles. The number of ether oxygens (including phenoxy) is 6. The highest BCUT2D eigenvalue weighted by molar-refractivity contribution is 6.76. The summed E-state index contributed by atoms with van der Waals surface area (Å²) in [6.45, 7) is 9.18. The van der Waals surface area contributed by atoms with Gasteiger partial charge in [-0.2, -0.15) is 9.37 Å². The van der Waals surface area contributed by atoms with E-state index in [-0.39, 0.29) is 31.3 Å². The van der Waals surface area contributed by atoms with Crippen LogP contribution in [0.25, 0.3) is 22.4 Å². The van der Waals surface area contributed by atoms with Crippen molar-refractivity contribution in [1.82, 2.24) is 19.5 Å². The molecule has 6 rings (SSSR count). The molecule has 10 nitrogen and oxygen atoms in total. The third kappa shape index (κ3) is 6.58. The van der Waals surface area contributed by atoms with E-state index in [1.165, 1.54) is 12.3 Å². The second kappa shape index (κ2) is 12.2. The molecule has 0 saturated carbocycles. The van der Waals surface area contributed by atoms with Crippen molar-refractivity contribution in [3.8, 4) is 17.3 Å². The zero-order valence-corrected chi connectivity index (χ0v) is 25.3. The Balaban J connectivity index is 1.24. The maximum absolute atomic E-state index is 13.5. The van der Waals surface area contributed by atoms with Gasteiger partial charge in [0.15, 0.2) is 18.0 Å². The van der Waals surface area contributed by atoms with Crippen LogP contribution in [-0.4, -0.2) is 84.7 Å². The number of rotatable bonds is 10. The smallest absolute Gasteiger partial charge is 0.301 e. The molecule has 3 aromatic rings. The monoisotopic (exact) mass is 606 g/mol. The number of imidazole rings is 1. The first-order chi connectivity index (χ1) is 19.7. The third-order valence-electron chi connectivity index (χ3n) is 7.54. The number of halogens is 2. The molecule has 3 fully saturated rings. The van der Waals surface area contributed by atoms with Crippen molar-refractivity contribution in [2.75, 3.05) is 26.4 Å². The summed E-state index contributed by atoms with van der Waals surface area (Å²) in [6, 6.07) is 5.95. The summed E-state index contributed by atoms with van der Waals surface area (Å²) in [7, 11) is -1.28. The maximum Gasteiger partial charge on any atom is 0.301 e. The fourth-order valence-corrected chi connectivity index (χ4v) is 6.27. The molecule has 3 aromatic heterocycles. The molecule has 3 aliphatic rings. The molecule has 0 aromatic carbocycles. The van der Waals surface area contributed by atoms with E-state index in [0.717, 1.165) is 25.3 Å². The fraction of sp³-hybridized carbons (Fsp3) is 0.607. The van der Waals surface area contributed by atoms with Gasteiger partial charge in [-0.15, -0.1) is 0 Å². The molecule has 0 radical (unpaired) electrons.